The quantitative estimate of drug-likeness (QED) is 0.228. The first-order chi connectivity index (χ1) is 17.0. The second-order valence-electron chi connectivity index (χ2n) is 8.92. The zero-order chi connectivity index (χ0) is 24.8. The monoisotopic (exact) mass is 487 g/mol. The van der Waals surface area contributed by atoms with E-state index in [1.54, 1.807) is 4.57 Å². The molecule has 0 spiro atoms. The van der Waals surface area contributed by atoms with Gasteiger partial charge in [-0.25, -0.2) is 4.98 Å². The molecule has 0 aliphatic carbocycles. The second kappa shape index (κ2) is 11.5. The van der Waals surface area contributed by atoms with Gasteiger partial charge in [0, 0.05) is 6.54 Å². The number of nitrogens with zero attached hydrogens (tertiary/aromatic N) is 3. The van der Waals surface area contributed by atoms with Gasteiger partial charge in [-0.05, 0) is 55.5 Å². The maximum absolute atomic E-state index is 13.8. The summed E-state index contributed by atoms with van der Waals surface area (Å²) in [5, 5.41) is 2.51. The van der Waals surface area contributed by atoms with E-state index in [0.29, 0.717) is 34.6 Å². The minimum Gasteiger partial charge on any atom is -0.328 e. The summed E-state index contributed by atoms with van der Waals surface area (Å²) in [6.07, 6.45) is 4.91. The van der Waals surface area contributed by atoms with Crippen LogP contribution in [0.3, 0.4) is 0 Å². The summed E-state index contributed by atoms with van der Waals surface area (Å²) in [4.78, 5) is 35.2. The fraction of sp³-hybridized carbons (Fsp3) is 0.345. The third-order valence-corrected chi connectivity index (χ3v) is 7.26. The van der Waals surface area contributed by atoms with Crippen molar-refractivity contribution in [2.45, 2.75) is 58.9 Å². The number of carbonyl (C=O) groups excluding carboxylic acids is 1. The van der Waals surface area contributed by atoms with Gasteiger partial charge in [-0.1, -0.05) is 69.0 Å². The molecular weight excluding hydrogens is 454 g/mol. The number of carbonyl (C=O) groups is 1. The molecule has 0 radical (unpaired) electrons. The van der Waals surface area contributed by atoms with Crippen LogP contribution in [0.4, 0.5) is 0 Å². The molecule has 0 saturated carbocycles. The van der Waals surface area contributed by atoms with Crippen LogP contribution in [0.1, 0.15) is 73.1 Å². The Hall–Kier alpha value is -3.25. The van der Waals surface area contributed by atoms with Crippen LogP contribution in [0.5, 0.6) is 0 Å². The lowest BCUT2D eigenvalue weighted by Crippen LogP contribution is -2.39. The van der Waals surface area contributed by atoms with E-state index in [2.05, 4.69) is 13.8 Å². The smallest absolute Gasteiger partial charge is 0.266 e. The number of amides is 1. The third-order valence-electron chi connectivity index (χ3n) is 6.40. The molecule has 5 nitrogen and oxygen atoms in total. The number of unbranched alkanes of at least 4 members (excludes halogenated alkanes) is 3. The van der Waals surface area contributed by atoms with Gasteiger partial charge in [0.05, 0.1) is 27.5 Å². The van der Waals surface area contributed by atoms with Crippen LogP contribution in [0.25, 0.3) is 16.6 Å². The van der Waals surface area contributed by atoms with Gasteiger partial charge in [0.1, 0.15) is 5.82 Å². The largest absolute Gasteiger partial charge is 0.328 e. The van der Waals surface area contributed by atoms with Crippen molar-refractivity contribution in [1.29, 1.82) is 0 Å². The van der Waals surface area contributed by atoms with Gasteiger partial charge in [0.15, 0.2) is 0 Å². The summed E-state index contributed by atoms with van der Waals surface area (Å²) >= 11 is 1.45. The Balaban J connectivity index is 1.88. The highest BCUT2D eigenvalue weighted by molar-refractivity contribution is 7.12. The number of thiophene rings is 1. The van der Waals surface area contributed by atoms with Gasteiger partial charge in [-0.2, -0.15) is 0 Å². The van der Waals surface area contributed by atoms with Crippen molar-refractivity contribution in [2.24, 2.45) is 0 Å². The summed E-state index contributed by atoms with van der Waals surface area (Å²) < 4.78 is 1.71. The summed E-state index contributed by atoms with van der Waals surface area (Å²) in [5.74, 6) is 0.613. The van der Waals surface area contributed by atoms with E-state index in [-0.39, 0.29) is 17.5 Å². The first kappa shape index (κ1) is 24.9. The van der Waals surface area contributed by atoms with Crippen molar-refractivity contribution in [2.75, 3.05) is 6.54 Å². The van der Waals surface area contributed by atoms with Gasteiger partial charge in [0.2, 0.25) is 0 Å². The summed E-state index contributed by atoms with van der Waals surface area (Å²) in [6.45, 7) is 6.90. The Morgan fingerprint density at radius 2 is 1.77 bits per heavy atom. The van der Waals surface area contributed by atoms with Crippen LogP contribution in [0.2, 0.25) is 0 Å². The molecule has 0 fully saturated rings. The lowest BCUT2D eigenvalue weighted by molar-refractivity contribution is 0.0660. The average molecular weight is 488 g/mol. The standard InChI is InChI=1S/C29H33N3O2S/c1-4-6-7-10-19-31(29(34)26-14-11-20-35-26)25(5-2)27-30-24-13-9-8-12-23(24)28(33)32(27)22-17-15-21(3)16-18-22/h8-9,11-18,20,25H,4-7,10,19H2,1-3H3. The summed E-state index contributed by atoms with van der Waals surface area (Å²) in [7, 11) is 0. The van der Waals surface area contributed by atoms with E-state index in [9.17, 15) is 9.59 Å². The van der Waals surface area contributed by atoms with Crippen LogP contribution in [0, 0.1) is 6.92 Å². The molecule has 2 heterocycles. The SMILES string of the molecule is CCCCCCN(C(=O)c1cccs1)C(CC)c1nc2ccccc2c(=O)n1-c1ccc(C)cc1. The molecule has 0 aliphatic rings. The first-order valence-corrected chi connectivity index (χ1v) is 13.4. The van der Waals surface area contributed by atoms with E-state index < -0.39 is 0 Å². The van der Waals surface area contributed by atoms with Crippen molar-refractivity contribution in [1.82, 2.24) is 14.5 Å². The second-order valence-corrected chi connectivity index (χ2v) is 9.87. The lowest BCUT2D eigenvalue weighted by Gasteiger charge is -2.32. The zero-order valence-corrected chi connectivity index (χ0v) is 21.6. The van der Waals surface area contributed by atoms with Crippen LogP contribution < -0.4 is 5.56 Å². The maximum Gasteiger partial charge on any atom is 0.266 e. The highest BCUT2D eigenvalue weighted by Gasteiger charge is 2.30. The van der Waals surface area contributed by atoms with Gasteiger partial charge < -0.3 is 4.90 Å². The molecule has 2 aromatic carbocycles. The van der Waals surface area contributed by atoms with Crippen molar-refractivity contribution < 1.29 is 4.79 Å². The van der Waals surface area contributed by atoms with E-state index >= 15 is 0 Å². The minimum absolute atomic E-state index is 0.00112. The molecule has 1 atom stereocenters. The maximum atomic E-state index is 13.8. The number of aromatic nitrogens is 2. The Kier molecular flexibility index (Phi) is 8.13. The minimum atomic E-state index is -0.329. The molecule has 4 rings (SSSR count). The Morgan fingerprint density at radius 1 is 1.00 bits per heavy atom. The predicted octanol–water partition coefficient (Wildman–Crippen LogP) is 6.93. The molecule has 4 aromatic rings. The van der Waals surface area contributed by atoms with Crippen LogP contribution in [-0.4, -0.2) is 26.9 Å². The highest BCUT2D eigenvalue weighted by Crippen LogP contribution is 2.29. The van der Waals surface area contributed by atoms with Crippen LogP contribution >= 0.6 is 11.3 Å². The molecule has 35 heavy (non-hydrogen) atoms. The number of rotatable bonds is 10. The van der Waals surface area contributed by atoms with Crippen molar-refractivity contribution in [3.63, 3.8) is 0 Å². The van der Waals surface area contributed by atoms with E-state index in [4.69, 9.17) is 4.98 Å². The lowest BCUT2D eigenvalue weighted by atomic mass is 10.1. The van der Waals surface area contributed by atoms with Crippen LogP contribution in [0.15, 0.2) is 70.8 Å². The zero-order valence-electron chi connectivity index (χ0n) is 20.7. The summed E-state index contributed by atoms with van der Waals surface area (Å²) in [5.41, 5.74) is 2.43. The molecule has 6 heteroatoms. The third kappa shape index (κ3) is 5.38. The van der Waals surface area contributed by atoms with E-state index in [1.165, 1.54) is 11.3 Å². The Labute approximate surface area is 211 Å². The fourth-order valence-electron chi connectivity index (χ4n) is 4.51. The number of hydrogen-bond donors (Lipinski definition) is 0. The molecule has 0 N–H and O–H groups in total. The average Bonchev–Trinajstić information content (AvgIpc) is 3.42. The van der Waals surface area contributed by atoms with Gasteiger partial charge >= 0.3 is 0 Å². The number of hydrogen-bond acceptors (Lipinski definition) is 4. The normalized spacial score (nSPS) is 12.1. The number of benzene rings is 2. The predicted molar refractivity (Wildman–Crippen MR) is 145 cm³/mol. The molecule has 1 unspecified atom stereocenters. The molecule has 0 aliphatic heterocycles. The Morgan fingerprint density at radius 3 is 2.46 bits per heavy atom. The molecule has 182 valence electrons. The summed E-state index contributed by atoms with van der Waals surface area (Å²) in [6, 6.07) is 18.8. The highest BCUT2D eigenvalue weighted by atomic mass is 32.1. The van der Waals surface area contributed by atoms with Gasteiger partial charge in [0.25, 0.3) is 11.5 Å². The molecule has 0 saturated heterocycles. The van der Waals surface area contributed by atoms with Crippen molar-refractivity contribution in [3.05, 3.63) is 92.7 Å². The Bertz CT molecular complexity index is 1330. The van der Waals surface area contributed by atoms with E-state index in [1.807, 2.05) is 77.9 Å². The topological polar surface area (TPSA) is 55.2 Å². The number of fused-ring (bicyclic) bond motifs is 1. The number of para-hydroxylation sites is 1. The van der Waals surface area contributed by atoms with Crippen LogP contribution in [-0.2, 0) is 0 Å². The van der Waals surface area contributed by atoms with Gasteiger partial charge in [-0.3, -0.25) is 14.2 Å². The first-order valence-electron chi connectivity index (χ1n) is 12.5. The fourth-order valence-corrected chi connectivity index (χ4v) is 5.19. The number of aryl methyl sites for hydroxylation is 1. The van der Waals surface area contributed by atoms with E-state index in [0.717, 1.165) is 36.9 Å². The van der Waals surface area contributed by atoms with Crippen molar-refractivity contribution >= 4 is 28.1 Å². The molecule has 1 amide bonds. The molecular formula is C29H33N3O2S. The molecule has 2 aromatic heterocycles. The molecule has 0 bridgehead atoms. The van der Waals surface area contributed by atoms with Crippen molar-refractivity contribution in [3.8, 4) is 5.69 Å². The van der Waals surface area contributed by atoms with Gasteiger partial charge in [-0.15, -0.1) is 11.3 Å².